The minimum Gasteiger partial charge on any atom is -0.347 e. The zero-order valence-corrected chi connectivity index (χ0v) is 16.6. The second-order valence-electron chi connectivity index (χ2n) is 5.87. The van der Waals surface area contributed by atoms with Crippen LogP contribution in [0.25, 0.3) is 16.9 Å². The summed E-state index contributed by atoms with van der Waals surface area (Å²) in [5.74, 6) is 0.829. The number of thioether (sulfide) groups is 1. The number of hydrogen-bond donors (Lipinski definition) is 2. The van der Waals surface area contributed by atoms with Crippen LogP contribution < -0.4 is 10.6 Å². The van der Waals surface area contributed by atoms with E-state index in [1.165, 1.54) is 6.92 Å². The Morgan fingerprint density at radius 2 is 2.15 bits per heavy atom. The van der Waals surface area contributed by atoms with Gasteiger partial charge in [-0.1, -0.05) is 0 Å². The van der Waals surface area contributed by atoms with Crippen LogP contribution in [0.5, 0.6) is 0 Å². The summed E-state index contributed by atoms with van der Waals surface area (Å²) in [4.78, 5) is 23.8. The van der Waals surface area contributed by atoms with Crippen LogP contribution in [-0.4, -0.2) is 49.7 Å². The molecule has 0 aliphatic heterocycles. The Morgan fingerprint density at radius 1 is 1.30 bits per heavy atom. The maximum atomic E-state index is 12.5. The second-order valence-corrected chi connectivity index (χ2v) is 7.63. The van der Waals surface area contributed by atoms with E-state index in [9.17, 15) is 9.59 Å². The molecule has 3 aromatic heterocycles. The maximum Gasteiger partial charge on any atom is 0.242 e. The van der Waals surface area contributed by atoms with Gasteiger partial charge in [0, 0.05) is 17.9 Å². The molecule has 10 heteroatoms. The van der Waals surface area contributed by atoms with Crippen molar-refractivity contribution in [3.05, 3.63) is 34.8 Å². The molecule has 0 saturated carbocycles. The molecule has 8 nitrogen and oxygen atoms in total. The van der Waals surface area contributed by atoms with Gasteiger partial charge in [0.2, 0.25) is 11.8 Å². The lowest BCUT2D eigenvalue weighted by atomic mass is 10.2. The highest BCUT2D eigenvalue weighted by atomic mass is 32.2. The summed E-state index contributed by atoms with van der Waals surface area (Å²) < 4.78 is 1.63. The van der Waals surface area contributed by atoms with Gasteiger partial charge >= 0.3 is 0 Å². The van der Waals surface area contributed by atoms with Crippen molar-refractivity contribution >= 4 is 40.6 Å². The molecule has 0 spiro atoms. The molecule has 0 aliphatic rings. The fourth-order valence-corrected chi connectivity index (χ4v) is 3.67. The molecular weight excluding hydrogens is 384 g/mol. The lowest BCUT2D eigenvalue weighted by Gasteiger charge is -2.16. The zero-order valence-electron chi connectivity index (χ0n) is 15.0. The van der Waals surface area contributed by atoms with Gasteiger partial charge in [-0.15, -0.1) is 10.2 Å². The van der Waals surface area contributed by atoms with Crippen molar-refractivity contribution in [1.82, 2.24) is 30.4 Å². The van der Waals surface area contributed by atoms with Crippen LogP contribution >= 0.6 is 23.1 Å². The highest BCUT2D eigenvalue weighted by molar-refractivity contribution is 7.98. The number of nitrogens with zero attached hydrogens (tertiary/aromatic N) is 4. The molecule has 1 unspecified atom stereocenters. The maximum absolute atomic E-state index is 12.5. The zero-order chi connectivity index (χ0) is 19.2. The van der Waals surface area contributed by atoms with Crippen molar-refractivity contribution in [3.8, 4) is 11.3 Å². The van der Waals surface area contributed by atoms with Crippen molar-refractivity contribution in [1.29, 1.82) is 0 Å². The van der Waals surface area contributed by atoms with Gasteiger partial charge in [-0.3, -0.25) is 9.59 Å². The third kappa shape index (κ3) is 4.83. The average Bonchev–Trinajstić information content (AvgIpc) is 3.32. The number of hydrogen-bond acceptors (Lipinski definition) is 7. The minimum atomic E-state index is -0.566. The van der Waals surface area contributed by atoms with Crippen LogP contribution in [0.1, 0.15) is 19.2 Å². The Labute approximate surface area is 164 Å². The Bertz CT molecular complexity index is 925. The van der Waals surface area contributed by atoms with E-state index in [1.807, 2.05) is 35.2 Å². The largest absolute Gasteiger partial charge is 0.347 e. The van der Waals surface area contributed by atoms with Gasteiger partial charge in [0.15, 0.2) is 11.5 Å². The van der Waals surface area contributed by atoms with E-state index in [-0.39, 0.29) is 18.4 Å². The van der Waals surface area contributed by atoms with Gasteiger partial charge in [-0.2, -0.15) is 32.7 Å². The molecule has 27 heavy (non-hydrogen) atoms. The van der Waals surface area contributed by atoms with Gasteiger partial charge in [0.05, 0.1) is 12.2 Å². The van der Waals surface area contributed by atoms with Crippen LogP contribution in [0, 0.1) is 0 Å². The molecule has 0 radical (unpaired) electrons. The molecule has 0 fully saturated rings. The molecule has 0 aromatic carbocycles. The van der Waals surface area contributed by atoms with Crippen LogP contribution in [-0.2, 0) is 16.1 Å². The normalized spacial score (nSPS) is 12.1. The standard InChI is InChI=1S/C17H20N6O2S2/c1-11(24)19-14(6-7-26-2)17(25)18-9-16-21-20-15-4-3-13(22-23(15)16)12-5-8-27-10-12/h3-5,8,10,14H,6-7,9H2,1-2H3,(H,18,25)(H,19,24). The first-order valence-electron chi connectivity index (χ1n) is 8.36. The Kier molecular flexibility index (Phi) is 6.40. The number of thiophene rings is 1. The number of nitrogens with one attached hydrogen (secondary N) is 2. The molecule has 2 N–H and O–H groups in total. The third-order valence-electron chi connectivity index (χ3n) is 3.87. The molecular formula is C17H20N6O2S2. The summed E-state index contributed by atoms with van der Waals surface area (Å²) in [6.07, 6.45) is 2.52. The van der Waals surface area contributed by atoms with E-state index in [2.05, 4.69) is 25.9 Å². The molecule has 0 aliphatic carbocycles. The molecule has 3 aromatic rings. The predicted octanol–water partition coefficient (Wildman–Crippen LogP) is 1.73. The predicted molar refractivity (Wildman–Crippen MR) is 107 cm³/mol. The van der Waals surface area contributed by atoms with E-state index in [0.29, 0.717) is 17.9 Å². The van der Waals surface area contributed by atoms with Crippen molar-refractivity contribution in [2.24, 2.45) is 0 Å². The Morgan fingerprint density at radius 3 is 2.85 bits per heavy atom. The quantitative estimate of drug-likeness (QED) is 0.593. The average molecular weight is 405 g/mol. The summed E-state index contributed by atoms with van der Waals surface area (Å²) in [5.41, 5.74) is 2.44. The SMILES string of the molecule is CSCCC(NC(C)=O)C(=O)NCc1nnc2ccc(-c3ccsc3)nn12. The fourth-order valence-electron chi connectivity index (χ4n) is 2.55. The smallest absolute Gasteiger partial charge is 0.242 e. The lowest BCUT2D eigenvalue weighted by Crippen LogP contribution is -2.46. The highest BCUT2D eigenvalue weighted by Gasteiger charge is 2.19. The van der Waals surface area contributed by atoms with Gasteiger partial charge in [-0.05, 0) is 42.0 Å². The topological polar surface area (TPSA) is 101 Å². The summed E-state index contributed by atoms with van der Waals surface area (Å²) in [6.45, 7) is 1.58. The van der Waals surface area contributed by atoms with Gasteiger partial charge in [0.25, 0.3) is 0 Å². The van der Waals surface area contributed by atoms with E-state index >= 15 is 0 Å². The number of carbonyl (C=O) groups excluding carboxylic acids is 2. The monoisotopic (exact) mass is 404 g/mol. The van der Waals surface area contributed by atoms with Gasteiger partial charge in [0.1, 0.15) is 6.04 Å². The van der Waals surface area contributed by atoms with Crippen molar-refractivity contribution < 1.29 is 9.59 Å². The highest BCUT2D eigenvalue weighted by Crippen LogP contribution is 2.20. The summed E-state index contributed by atoms with van der Waals surface area (Å²) in [6, 6.07) is 5.16. The number of aromatic nitrogens is 4. The third-order valence-corrected chi connectivity index (χ3v) is 5.20. The van der Waals surface area contributed by atoms with Crippen LogP contribution in [0.4, 0.5) is 0 Å². The van der Waals surface area contributed by atoms with Gasteiger partial charge < -0.3 is 10.6 Å². The molecule has 0 saturated heterocycles. The van der Waals surface area contributed by atoms with Gasteiger partial charge in [-0.25, -0.2) is 0 Å². The number of carbonyl (C=O) groups is 2. The van der Waals surface area contributed by atoms with E-state index in [0.717, 1.165) is 17.0 Å². The first-order chi connectivity index (χ1) is 13.1. The van der Waals surface area contributed by atoms with Crippen LogP contribution in [0.15, 0.2) is 29.0 Å². The fraction of sp³-hybridized carbons (Fsp3) is 0.353. The Hall–Kier alpha value is -2.46. The number of rotatable bonds is 8. The molecule has 3 rings (SSSR count). The molecule has 142 valence electrons. The van der Waals surface area contributed by atoms with E-state index < -0.39 is 6.04 Å². The van der Waals surface area contributed by atoms with Crippen molar-refractivity contribution in [2.45, 2.75) is 25.9 Å². The molecule has 1 atom stereocenters. The molecule has 2 amide bonds. The number of amides is 2. The summed E-state index contributed by atoms with van der Waals surface area (Å²) in [5, 5.41) is 22.3. The second kappa shape index (κ2) is 8.96. The van der Waals surface area contributed by atoms with Crippen LogP contribution in [0.3, 0.4) is 0 Å². The minimum absolute atomic E-state index is 0.176. The van der Waals surface area contributed by atoms with Crippen LogP contribution in [0.2, 0.25) is 0 Å². The molecule has 0 bridgehead atoms. The van der Waals surface area contributed by atoms with Crippen molar-refractivity contribution in [2.75, 3.05) is 12.0 Å². The van der Waals surface area contributed by atoms with E-state index in [1.54, 1.807) is 27.6 Å². The Balaban J connectivity index is 1.73. The van der Waals surface area contributed by atoms with Crippen molar-refractivity contribution in [3.63, 3.8) is 0 Å². The first-order valence-corrected chi connectivity index (χ1v) is 10.7. The summed E-state index contributed by atoms with van der Waals surface area (Å²) >= 11 is 3.23. The number of fused-ring (bicyclic) bond motifs is 1. The lowest BCUT2D eigenvalue weighted by molar-refractivity contribution is -0.128. The first kappa shape index (κ1) is 19.3. The van der Waals surface area contributed by atoms with E-state index in [4.69, 9.17) is 0 Å². The molecule has 3 heterocycles. The summed E-state index contributed by atoms with van der Waals surface area (Å²) in [7, 11) is 0.